The predicted molar refractivity (Wildman–Crippen MR) is 90.0 cm³/mol. The summed E-state index contributed by atoms with van der Waals surface area (Å²) in [6, 6.07) is 16.8. The van der Waals surface area contributed by atoms with E-state index in [2.05, 4.69) is 55.1 Å². The second kappa shape index (κ2) is 6.44. The van der Waals surface area contributed by atoms with Gasteiger partial charge in [0.25, 0.3) is 0 Å². The number of nitrogens with two attached hydrogens (primary N) is 1. The molecule has 0 bridgehead atoms. The van der Waals surface area contributed by atoms with E-state index in [-0.39, 0.29) is 5.84 Å². The summed E-state index contributed by atoms with van der Waals surface area (Å²) in [6.07, 6.45) is 0. The number of hydrogen-bond donors (Lipinski definition) is 2. The molecule has 0 atom stereocenters. The van der Waals surface area contributed by atoms with Gasteiger partial charge in [-0.3, -0.25) is 5.41 Å². The van der Waals surface area contributed by atoms with Crippen LogP contribution in [0.3, 0.4) is 0 Å². The Kier molecular flexibility index (Phi) is 4.63. The minimum atomic E-state index is 0.118. The summed E-state index contributed by atoms with van der Waals surface area (Å²) in [5, 5.41) is 7.84. The first-order valence-electron chi connectivity index (χ1n) is 7.24. The number of nitrogens with one attached hydrogen (secondary N) is 1. The van der Waals surface area contributed by atoms with Crippen molar-refractivity contribution in [2.24, 2.45) is 5.73 Å². The van der Waals surface area contributed by atoms with Gasteiger partial charge in [-0.2, -0.15) is 0 Å². The highest BCUT2D eigenvalue weighted by molar-refractivity contribution is 6.00. The smallest absolute Gasteiger partial charge is 0.124 e. The summed E-state index contributed by atoms with van der Waals surface area (Å²) in [5.74, 6) is 0.118. The first kappa shape index (κ1) is 15.1. The fourth-order valence-corrected chi connectivity index (χ4v) is 2.44. The van der Waals surface area contributed by atoms with Crippen molar-refractivity contribution in [1.29, 1.82) is 5.41 Å². The van der Waals surface area contributed by atoms with Gasteiger partial charge in [-0.1, -0.05) is 42.0 Å². The maximum absolute atomic E-state index is 7.84. The highest BCUT2D eigenvalue weighted by atomic mass is 15.2. The van der Waals surface area contributed by atoms with Crippen LogP contribution in [-0.2, 0) is 6.54 Å². The molecule has 2 rings (SSSR count). The third kappa shape index (κ3) is 3.63. The number of amidine groups is 1. The molecule has 0 saturated heterocycles. The summed E-state index contributed by atoms with van der Waals surface area (Å²) in [4.78, 5) is 2.28. The standard InChI is InChI=1S/C18H23N3/c1-13(2)21(12-15-7-5-4-6-8-15)17-10-9-14(3)11-16(17)18(19)20/h4-11,13H,12H2,1-3H3,(H3,19,20). The van der Waals surface area contributed by atoms with Crippen molar-refractivity contribution in [3.05, 3.63) is 65.2 Å². The number of hydrogen-bond acceptors (Lipinski definition) is 2. The van der Waals surface area contributed by atoms with Crippen molar-refractivity contribution < 1.29 is 0 Å². The van der Waals surface area contributed by atoms with Gasteiger partial charge in [0.2, 0.25) is 0 Å². The van der Waals surface area contributed by atoms with E-state index in [1.807, 2.05) is 19.1 Å². The lowest BCUT2D eigenvalue weighted by Gasteiger charge is -2.31. The van der Waals surface area contributed by atoms with E-state index >= 15 is 0 Å². The van der Waals surface area contributed by atoms with Crippen molar-refractivity contribution in [3.63, 3.8) is 0 Å². The van der Waals surface area contributed by atoms with Gasteiger partial charge >= 0.3 is 0 Å². The Morgan fingerprint density at radius 2 is 1.81 bits per heavy atom. The van der Waals surface area contributed by atoms with Crippen LogP contribution in [0.4, 0.5) is 5.69 Å². The van der Waals surface area contributed by atoms with Crippen molar-refractivity contribution in [1.82, 2.24) is 0 Å². The maximum atomic E-state index is 7.84. The molecule has 0 radical (unpaired) electrons. The van der Waals surface area contributed by atoms with Crippen LogP contribution in [0.15, 0.2) is 48.5 Å². The number of aryl methyl sites for hydroxylation is 1. The Balaban J connectivity index is 2.41. The molecule has 2 aromatic carbocycles. The molecule has 0 spiro atoms. The number of benzene rings is 2. The Labute approximate surface area is 126 Å². The molecule has 110 valence electrons. The average Bonchev–Trinajstić information content (AvgIpc) is 2.46. The molecule has 2 aromatic rings. The second-order valence-electron chi connectivity index (χ2n) is 5.64. The van der Waals surface area contributed by atoms with Gasteiger partial charge in [0.05, 0.1) is 0 Å². The molecule has 0 aliphatic heterocycles. The zero-order valence-electron chi connectivity index (χ0n) is 12.9. The van der Waals surface area contributed by atoms with Crippen LogP contribution < -0.4 is 10.6 Å². The van der Waals surface area contributed by atoms with Crippen molar-refractivity contribution in [2.75, 3.05) is 4.90 Å². The molecule has 0 fully saturated rings. The van der Waals surface area contributed by atoms with Crippen LogP contribution in [0.2, 0.25) is 0 Å². The van der Waals surface area contributed by atoms with Gasteiger partial charge in [0.1, 0.15) is 5.84 Å². The Bertz CT molecular complexity index is 618. The van der Waals surface area contributed by atoms with Crippen molar-refractivity contribution in [3.8, 4) is 0 Å². The lowest BCUT2D eigenvalue weighted by atomic mass is 10.1. The Hall–Kier alpha value is -2.29. The fourth-order valence-electron chi connectivity index (χ4n) is 2.44. The minimum absolute atomic E-state index is 0.118. The van der Waals surface area contributed by atoms with E-state index in [9.17, 15) is 0 Å². The molecule has 0 aromatic heterocycles. The third-order valence-electron chi connectivity index (χ3n) is 3.57. The number of nitrogens with zero attached hydrogens (tertiary/aromatic N) is 1. The molecule has 3 heteroatoms. The van der Waals surface area contributed by atoms with Crippen molar-refractivity contribution >= 4 is 11.5 Å². The lowest BCUT2D eigenvalue weighted by molar-refractivity contribution is 0.682. The van der Waals surface area contributed by atoms with E-state index in [1.165, 1.54) is 5.56 Å². The van der Waals surface area contributed by atoms with E-state index in [0.29, 0.717) is 6.04 Å². The maximum Gasteiger partial charge on any atom is 0.124 e. The quantitative estimate of drug-likeness (QED) is 0.648. The molecule has 0 aliphatic carbocycles. The predicted octanol–water partition coefficient (Wildman–Crippen LogP) is 3.69. The second-order valence-corrected chi connectivity index (χ2v) is 5.64. The van der Waals surface area contributed by atoms with Crippen LogP contribution in [-0.4, -0.2) is 11.9 Å². The Morgan fingerprint density at radius 1 is 1.14 bits per heavy atom. The lowest BCUT2D eigenvalue weighted by Crippen LogP contribution is -2.32. The van der Waals surface area contributed by atoms with Gasteiger partial charge in [-0.15, -0.1) is 0 Å². The topological polar surface area (TPSA) is 53.1 Å². The molecule has 21 heavy (non-hydrogen) atoms. The normalized spacial score (nSPS) is 10.7. The third-order valence-corrected chi connectivity index (χ3v) is 3.57. The van der Waals surface area contributed by atoms with Crippen LogP contribution in [0.5, 0.6) is 0 Å². The first-order chi connectivity index (χ1) is 9.99. The summed E-state index contributed by atoms with van der Waals surface area (Å²) in [7, 11) is 0. The molecule has 3 nitrogen and oxygen atoms in total. The van der Waals surface area contributed by atoms with Crippen molar-refractivity contribution in [2.45, 2.75) is 33.4 Å². The van der Waals surface area contributed by atoms with Crippen LogP contribution in [0.1, 0.15) is 30.5 Å². The van der Waals surface area contributed by atoms with Gasteiger partial charge in [-0.05, 0) is 38.5 Å². The molecule has 0 aliphatic rings. The van der Waals surface area contributed by atoms with Crippen LogP contribution in [0, 0.1) is 12.3 Å². The molecule has 0 heterocycles. The number of nitrogen functional groups attached to an aromatic ring is 1. The highest BCUT2D eigenvalue weighted by Gasteiger charge is 2.16. The average molecular weight is 281 g/mol. The molecule has 3 N–H and O–H groups in total. The molecule has 0 unspecified atom stereocenters. The summed E-state index contributed by atoms with van der Waals surface area (Å²) < 4.78 is 0. The highest BCUT2D eigenvalue weighted by Crippen LogP contribution is 2.25. The minimum Gasteiger partial charge on any atom is -0.384 e. The van der Waals surface area contributed by atoms with Gasteiger partial charge < -0.3 is 10.6 Å². The SMILES string of the molecule is Cc1ccc(N(Cc2ccccc2)C(C)C)c(C(=N)N)c1. The van der Waals surface area contributed by atoms with E-state index in [0.717, 1.165) is 23.4 Å². The van der Waals surface area contributed by atoms with E-state index < -0.39 is 0 Å². The number of anilines is 1. The first-order valence-corrected chi connectivity index (χ1v) is 7.24. The zero-order valence-corrected chi connectivity index (χ0v) is 12.9. The van der Waals surface area contributed by atoms with Crippen LogP contribution >= 0.6 is 0 Å². The fraction of sp³-hybridized carbons (Fsp3) is 0.278. The zero-order chi connectivity index (χ0) is 15.4. The number of rotatable bonds is 5. The van der Waals surface area contributed by atoms with Gasteiger partial charge in [0, 0.05) is 23.8 Å². The molecular weight excluding hydrogens is 258 g/mol. The summed E-state index contributed by atoms with van der Waals surface area (Å²) >= 11 is 0. The summed E-state index contributed by atoms with van der Waals surface area (Å²) in [6.45, 7) is 7.15. The Morgan fingerprint density at radius 3 is 2.38 bits per heavy atom. The molecular formula is C18H23N3. The van der Waals surface area contributed by atoms with E-state index in [4.69, 9.17) is 11.1 Å². The summed E-state index contributed by atoms with van der Waals surface area (Å²) in [5.41, 5.74) is 9.97. The van der Waals surface area contributed by atoms with Gasteiger partial charge in [0.15, 0.2) is 0 Å². The molecule has 0 saturated carbocycles. The van der Waals surface area contributed by atoms with Crippen LogP contribution in [0.25, 0.3) is 0 Å². The van der Waals surface area contributed by atoms with E-state index in [1.54, 1.807) is 0 Å². The largest absolute Gasteiger partial charge is 0.384 e. The monoisotopic (exact) mass is 281 g/mol. The molecule has 0 amide bonds. The van der Waals surface area contributed by atoms with Gasteiger partial charge in [-0.25, -0.2) is 0 Å².